The molecule has 1 aromatic heterocycles. The molecule has 0 aromatic carbocycles. The Morgan fingerprint density at radius 1 is 1.94 bits per heavy atom. The smallest absolute Gasteiger partial charge is 0.309 e. The first-order chi connectivity index (χ1) is 9.82. The molecular weight excluding hydrogens is 204 g/mol. The van der Waals surface area contributed by atoms with Gasteiger partial charge in [-0.25, -0.2) is 4.98 Å². The van der Waals surface area contributed by atoms with E-state index in [1.54, 1.807) is 18.5 Å². The van der Waals surface area contributed by atoms with Crippen molar-refractivity contribution in [2.24, 2.45) is 18.9 Å². The van der Waals surface area contributed by atoms with E-state index >= 15 is 0 Å². The SMILES string of the molecule is [2H]c1nc(C)n(C)c1C[C@H]1C([2H])([2H])OC(=O)[C@@]1([2H])C([2H])([2H])C. The van der Waals surface area contributed by atoms with E-state index in [2.05, 4.69) is 9.72 Å². The Kier molecular flexibility index (Phi) is 1.56. The second kappa shape index (κ2) is 4.28. The summed E-state index contributed by atoms with van der Waals surface area (Å²) >= 11 is 0. The van der Waals surface area contributed by atoms with Crippen molar-refractivity contribution >= 4 is 5.97 Å². The van der Waals surface area contributed by atoms with Crippen LogP contribution < -0.4 is 0 Å². The number of hydrogen-bond acceptors (Lipinski definition) is 3. The number of cyclic esters (lactones) is 1. The molecule has 4 heteroatoms. The fourth-order valence-corrected chi connectivity index (χ4v) is 1.67. The van der Waals surface area contributed by atoms with Crippen molar-refractivity contribution in [2.45, 2.75) is 26.6 Å². The Morgan fingerprint density at radius 3 is 3.25 bits per heavy atom. The van der Waals surface area contributed by atoms with Gasteiger partial charge in [0.2, 0.25) is 0 Å². The van der Waals surface area contributed by atoms with Gasteiger partial charge in [0.05, 0.1) is 16.6 Å². The summed E-state index contributed by atoms with van der Waals surface area (Å²) in [6.45, 7) is 0.262. The molecule has 4 nitrogen and oxygen atoms in total. The molecule has 0 aliphatic carbocycles. The Labute approximate surface area is 104 Å². The van der Waals surface area contributed by atoms with Gasteiger partial charge in [-0.05, 0) is 19.7 Å². The molecule has 0 bridgehead atoms. The van der Waals surface area contributed by atoms with Gasteiger partial charge >= 0.3 is 5.97 Å². The van der Waals surface area contributed by atoms with Crippen LogP contribution in [0.5, 0.6) is 0 Å². The summed E-state index contributed by atoms with van der Waals surface area (Å²) in [4.78, 5) is 15.9. The fraction of sp³-hybridized carbons (Fsp3) is 0.667. The Hall–Kier alpha value is -1.32. The van der Waals surface area contributed by atoms with E-state index in [1.165, 1.54) is 0 Å². The number of carbonyl (C=O) groups is 1. The standard InChI is InChI=1S/C12H18N2O2/c1-4-11-9(7-16-12(11)15)5-10-6-13-8(2)14(10)3/h6,9,11H,4-5,7H2,1-3H3/t9-,11-/m0/s1/i4D2,6D,7D2,11D. The van der Waals surface area contributed by atoms with Crippen molar-refractivity contribution in [1.82, 2.24) is 9.55 Å². The van der Waals surface area contributed by atoms with Crippen LogP contribution >= 0.6 is 0 Å². The maximum absolute atomic E-state index is 12.0. The molecule has 0 saturated carbocycles. The van der Waals surface area contributed by atoms with Crippen molar-refractivity contribution in [3.05, 3.63) is 17.7 Å². The first-order valence-corrected chi connectivity index (χ1v) is 5.04. The molecule has 0 spiro atoms. The molecule has 2 rings (SSSR count). The van der Waals surface area contributed by atoms with E-state index in [9.17, 15) is 4.79 Å². The Balaban J connectivity index is 2.52. The Morgan fingerprint density at radius 2 is 2.69 bits per heavy atom. The first-order valence-electron chi connectivity index (χ1n) is 8.04. The summed E-state index contributed by atoms with van der Waals surface area (Å²) in [7, 11) is 1.65. The lowest BCUT2D eigenvalue weighted by molar-refractivity contribution is -0.141. The lowest BCUT2D eigenvalue weighted by Gasteiger charge is -2.13. The van der Waals surface area contributed by atoms with Crippen molar-refractivity contribution < 1.29 is 17.8 Å². The molecule has 88 valence electrons. The van der Waals surface area contributed by atoms with Crippen LogP contribution in [0.15, 0.2) is 6.17 Å². The van der Waals surface area contributed by atoms with Gasteiger partial charge in [0.25, 0.3) is 0 Å². The second-order valence-electron chi connectivity index (χ2n) is 3.70. The molecule has 0 radical (unpaired) electrons. The third kappa shape index (κ3) is 1.84. The first kappa shape index (κ1) is 5.84. The molecule has 16 heavy (non-hydrogen) atoms. The van der Waals surface area contributed by atoms with Gasteiger partial charge < -0.3 is 9.30 Å². The molecule has 1 aromatic rings. The molecule has 1 fully saturated rings. The zero-order valence-electron chi connectivity index (χ0n) is 15.5. The summed E-state index contributed by atoms with van der Waals surface area (Å²) in [5, 5.41) is 0. The minimum atomic E-state index is -2.48. The fourth-order valence-electron chi connectivity index (χ4n) is 1.67. The number of aryl methyl sites for hydroxylation is 1. The third-order valence-electron chi connectivity index (χ3n) is 2.77. The highest BCUT2D eigenvalue weighted by atomic mass is 16.5. The summed E-state index contributed by atoms with van der Waals surface area (Å²) in [6.07, 6.45) is -2.56. The molecular formula is C12H18N2O2. The number of aromatic nitrogens is 2. The average molecular weight is 228 g/mol. The van der Waals surface area contributed by atoms with Crippen LogP contribution in [0.25, 0.3) is 0 Å². The van der Waals surface area contributed by atoms with Crippen LogP contribution in [-0.2, 0) is 23.0 Å². The predicted octanol–water partition coefficient (Wildman–Crippen LogP) is 1.47. The summed E-state index contributed by atoms with van der Waals surface area (Å²) in [5.74, 6) is -4.45. The van der Waals surface area contributed by atoms with Crippen LogP contribution in [0.2, 0.25) is 0 Å². The van der Waals surface area contributed by atoms with E-state index in [0.29, 0.717) is 11.5 Å². The highest BCUT2D eigenvalue weighted by Crippen LogP contribution is 2.28. The number of carbonyl (C=O) groups excluding carboxylic acids is 1. The zero-order chi connectivity index (χ0) is 17.1. The largest absolute Gasteiger partial charge is 0.465 e. The van der Waals surface area contributed by atoms with Crippen LogP contribution in [0, 0.1) is 18.7 Å². The zero-order valence-corrected chi connectivity index (χ0v) is 9.50. The highest BCUT2D eigenvalue weighted by Gasteiger charge is 2.35. The van der Waals surface area contributed by atoms with E-state index in [0.717, 1.165) is 6.92 Å². The molecule has 0 N–H and O–H groups in total. The molecule has 2 atom stereocenters. The number of hydrogen-bond donors (Lipinski definition) is 0. The molecule has 0 amide bonds. The number of rotatable bonds is 3. The van der Waals surface area contributed by atoms with Crippen molar-refractivity contribution in [2.75, 3.05) is 6.56 Å². The maximum atomic E-state index is 12.0. The molecule has 0 unspecified atom stereocenters. The summed E-state index contributed by atoms with van der Waals surface area (Å²) in [5.41, 5.74) is 0.338. The average Bonchev–Trinajstić information content (AvgIpc) is 2.67. The van der Waals surface area contributed by atoms with Gasteiger partial charge in [0.1, 0.15) is 5.82 Å². The van der Waals surface area contributed by atoms with Gasteiger partial charge in [-0.1, -0.05) is 6.92 Å². The van der Waals surface area contributed by atoms with Crippen LogP contribution in [0.3, 0.4) is 0 Å². The van der Waals surface area contributed by atoms with E-state index < -0.39 is 30.7 Å². The van der Waals surface area contributed by atoms with Gasteiger partial charge in [-0.2, -0.15) is 0 Å². The number of ether oxygens (including phenoxy) is 1. The molecule has 1 saturated heterocycles. The van der Waals surface area contributed by atoms with Gasteiger partial charge in [-0.3, -0.25) is 4.79 Å². The molecule has 2 heterocycles. The number of esters is 1. The van der Waals surface area contributed by atoms with Gasteiger partial charge in [-0.15, -0.1) is 0 Å². The van der Waals surface area contributed by atoms with E-state index in [1.807, 2.05) is 0 Å². The van der Waals surface area contributed by atoms with Gasteiger partial charge in [0, 0.05) is 28.9 Å². The van der Waals surface area contributed by atoms with E-state index in [-0.39, 0.29) is 12.6 Å². The topological polar surface area (TPSA) is 44.1 Å². The third-order valence-corrected chi connectivity index (χ3v) is 2.77. The lowest BCUT2D eigenvalue weighted by atomic mass is 9.89. The summed E-state index contributed by atoms with van der Waals surface area (Å²) < 4.78 is 53.6. The molecule has 1 aliphatic heterocycles. The van der Waals surface area contributed by atoms with Crippen molar-refractivity contribution in [3.63, 3.8) is 0 Å². The minimum Gasteiger partial charge on any atom is -0.465 e. The normalized spacial score (nSPS) is 38.9. The minimum absolute atomic E-state index is 0.0748. The van der Waals surface area contributed by atoms with Crippen LogP contribution in [0.1, 0.15) is 33.0 Å². The Bertz CT molecular complexity index is 624. The van der Waals surface area contributed by atoms with Crippen molar-refractivity contribution in [3.8, 4) is 0 Å². The van der Waals surface area contributed by atoms with E-state index in [4.69, 9.17) is 8.22 Å². The summed E-state index contributed by atoms with van der Waals surface area (Å²) in [6, 6.07) is 0. The quantitative estimate of drug-likeness (QED) is 0.736. The monoisotopic (exact) mass is 228 g/mol. The maximum Gasteiger partial charge on any atom is 0.309 e. The lowest BCUT2D eigenvalue weighted by Crippen LogP contribution is -2.18. The number of imidazole rings is 1. The van der Waals surface area contributed by atoms with Crippen molar-refractivity contribution in [1.29, 1.82) is 0 Å². The van der Waals surface area contributed by atoms with Gasteiger partial charge in [0.15, 0.2) is 0 Å². The highest BCUT2D eigenvalue weighted by molar-refractivity contribution is 5.74. The van der Waals surface area contributed by atoms with Crippen LogP contribution in [0.4, 0.5) is 0 Å². The van der Waals surface area contributed by atoms with Crippen LogP contribution in [-0.4, -0.2) is 22.1 Å². The number of nitrogens with zero attached hydrogens (tertiary/aromatic N) is 2. The predicted molar refractivity (Wildman–Crippen MR) is 59.9 cm³/mol. The molecule has 1 aliphatic rings. The second-order valence-corrected chi connectivity index (χ2v) is 3.70.